The summed E-state index contributed by atoms with van der Waals surface area (Å²) in [4.78, 5) is 0. The van der Waals surface area contributed by atoms with E-state index in [0.717, 1.165) is 42.5 Å². The van der Waals surface area contributed by atoms with Crippen LogP contribution in [0.3, 0.4) is 0 Å². The molecule has 0 unspecified atom stereocenters. The molecule has 0 fully saturated rings. The number of nitrogens with zero attached hydrogens (tertiary/aromatic N) is 1. The molecule has 0 saturated carbocycles. The summed E-state index contributed by atoms with van der Waals surface area (Å²) in [6.07, 6.45) is 4.12. The molecule has 0 radical (unpaired) electrons. The zero-order valence-corrected chi connectivity index (χ0v) is 11.7. The Bertz CT molecular complexity index is 339. The average Bonchev–Trinajstić information content (AvgIpc) is 2.39. The summed E-state index contributed by atoms with van der Waals surface area (Å²) >= 11 is 0. The number of aliphatic hydroxyl groups excluding tert-OH is 1. The summed E-state index contributed by atoms with van der Waals surface area (Å²) in [5, 5.41) is 9.39. The summed E-state index contributed by atoms with van der Waals surface area (Å²) < 4.78 is 0.890. The highest BCUT2D eigenvalue weighted by atomic mass is 16.3. The molecule has 2 nitrogen and oxygen atoms in total. The van der Waals surface area contributed by atoms with Gasteiger partial charge in [0.2, 0.25) is 0 Å². The van der Waals surface area contributed by atoms with Crippen LogP contribution in [0.25, 0.3) is 6.08 Å². The molecule has 0 heterocycles. The third-order valence-electron chi connectivity index (χ3n) is 3.51. The van der Waals surface area contributed by atoms with Gasteiger partial charge >= 0.3 is 0 Å². The highest BCUT2D eigenvalue weighted by molar-refractivity contribution is 5.53. The Balaban J connectivity index is 3.08. The minimum Gasteiger partial charge on any atom is -0.390 e. The lowest BCUT2D eigenvalue weighted by molar-refractivity contribution is 0.197. The van der Waals surface area contributed by atoms with Gasteiger partial charge in [-0.2, -0.15) is 0 Å². The Morgan fingerprint density at radius 3 is 2.00 bits per heavy atom. The second kappa shape index (κ2) is 7.34. The number of quaternary nitrogens is 1. The van der Waals surface area contributed by atoms with Gasteiger partial charge in [0.15, 0.2) is 0 Å². The van der Waals surface area contributed by atoms with Crippen molar-refractivity contribution >= 4 is 11.8 Å². The van der Waals surface area contributed by atoms with E-state index in [1.807, 2.05) is 6.08 Å². The lowest BCUT2D eigenvalue weighted by Gasteiger charge is -2.37. The molecular formula is C16H26NO+. The topological polar surface area (TPSA) is 20.2 Å². The van der Waals surface area contributed by atoms with Gasteiger partial charge in [0.05, 0.1) is 19.7 Å². The maximum atomic E-state index is 9.39. The molecule has 1 aromatic rings. The van der Waals surface area contributed by atoms with Crippen LogP contribution in [0.15, 0.2) is 30.8 Å². The quantitative estimate of drug-likeness (QED) is 0.699. The first-order valence-electron chi connectivity index (χ1n) is 6.92. The Morgan fingerprint density at radius 1 is 1.06 bits per heavy atom. The third-order valence-corrected chi connectivity index (χ3v) is 3.51. The van der Waals surface area contributed by atoms with Crippen LogP contribution in [-0.4, -0.2) is 31.3 Å². The predicted octanol–water partition coefficient (Wildman–Crippen LogP) is 3.45. The summed E-state index contributed by atoms with van der Waals surface area (Å²) in [6, 6.07) is 8.58. The highest BCUT2D eigenvalue weighted by Gasteiger charge is 2.27. The molecule has 18 heavy (non-hydrogen) atoms. The number of hydrogen-bond acceptors (Lipinski definition) is 1. The molecule has 0 saturated heterocycles. The fourth-order valence-corrected chi connectivity index (χ4v) is 2.70. The van der Waals surface area contributed by atoms with Crippen molar-refractivity contribution in [3.8, 4) is 0 Å². The number of rotatable bonds is 8. The van der Waals surface area contributed by atoms with E-state index in [2.05, 4.69) is 44.7 Å². The largest absolute Gasteiger partial charge is 0.390 e. The molecule has 0 aliphatic rings. The van der Waals surface area contributed by atoms with Crippen LogP contribution in [0.5, 0.6) is 0 Å². The van der Waals surface area contributed by atoms with E-state index < -0.39 is 0 Å². The molecule has 0 spiro atoms. The molecule has 0 aliphatic carbocycles. The summed E-state index contributed by atoms with van der Waals surface area (Å²) in [5.74, 6) is 0. The second-order valence-electron chi connectivity index (χ2n) is 4.84. The lowest BCUT2D eigenvalue weighted by Crippen LogP contribution is -2.52. The molecule has 0 amide bonds. The molecule has 2 heteroatoms. The Morgan fingerprint density at radius 2 is 1.61 bits per heavy atom. The van der Waals surface area contributed by atoms with E-state index in [-0.39, 0.29) is 6.61 Å². The van der Waals surface area contributed by atoms with Gasteiger partial charge in [0, 0.05) is 0 Å². The molecule has 0 aromatic heterocycles. The van der Waals surface area contributed by atoms with Gasteiger partial charge in [-0.15, -0.1) is 0 Å². The molecule has 0 atom stereocenters. The van der Waals surface area contributed by atoms with Gasteiger partial charge in [-0.25, -0.2) is 0 Å². The van der Waals surface area contributed by atoms with Crippen LogP contribution in [0.4, 0.5) is 5.69 Å². The molecule has 100 valence electrons. The first-order valence-corrected chi connectivity index (χ1v) is 6.92. The van der Waals surface area contributed by atoms with E-state index >= 15 is 0 Å². The van der Waals surface area contributed by atoms with Crippen molar-refractivity contribution in [2.45, 2.75) is 26.7 Å². The molecule has 0 bridgehead atoms. The van der Waals surface area contributed by atoms with Gasteiger partial charge in [-0.3, -0.25) is 4.48 Å². The van der Waals surface area contributed by atoms with Crippen molar-refractivity contribution in [2.24, 2.45) is 0 Å². The fourth-order valence-electron chi connectivity index (χ4n) is 2.70. The molecule has 1 aromatic carbocycles. The minimum absolute atomic E-state index is 0.239. The van der Waals surface area contributed by atoms with E-state index in [4.69, 9.17) is 0 Å². The van der Waals surface area contributed by atoms with Gasteiger partial charge in [-0.05, 0) is 42.7 Å². The van der Waals surface area contributed by atoms with Crippen LogP contribution in [0.1, 0.15) is 32.3 Å². The average molecular weight is 248 g/mol. The van der Waals surface area contributed by atoms with Crippen LogP contribution in [-0.2, 0) is 0 Å². The van der Waals surface area contributed by atoms with Crippen LogP contribution >= 0.6 is 0 Å². The lowest BCUT2D eigenvalue weighted by atomic mass is 10.1. The Hall–Kier alpha value is -1.12. The summed E-state index contributed by atoms with van der Waals surface area (Å²) in [7, 11) is 0. The number of aliphatic hydroxyl groups is 1. The zero-order valence-electron chi connectivity index (χ0n) is 11.7. The highest BCUT2D eigenvalue weighted by Crippen LogP contribution is 2.25. The van der Waals surface area contributed by atoms with E-state index in [0.29, 0.717) is 0 Å². The second-order valence-corrected chi connectivity index (χ2v) is 4.84. The maximum Gasteiger partial charge on any atom is 0.132 e. The van der Waals surface area contributed by atoms with Crippen molar-refractivity contribution in [3.05, 3.63) is 36.4 Å². The predicted molar refractivity (Wildman–Crippen MR) is 80.6 cm³/mol. The van der Waals surface area contributed by atoms with Crippen molar-refractivity contribution < 1.29 is 5.11 Å². The summed E-state index contributed by atoms with van der Waals surface area (Å²) in [5.41, 5.74) is 2.45. The van der Waals surface area contributed by atoms with Crippen LogP contribution in [0.2, 0.25) is 0 Å². The SMILES string of the molecule is C=Cc1ccc([N+](CCC)(CCC)CCO)cc1. The molecule has 1 N–H and O–H groups in total. The first-order chi connectivity index (χ1) is 8.72. The third kappa shape index (κ3) is 3.44. The van der Waals surface area contributed by atoms with E-state index in [1.165, 1.54) is 5.69 Å². The molecule has 0 aliphatic heterocycles. The summed E-state index contributed by atoms with van der Waals surface area (Å²) in [6.45, 7) is 11.4. The Labute approximate surface area is 111 Å². The Kier molecular flexibility index (Phi) is 6.10. The number of hydrogen-bond donors (Lipinski definition) is 1. The van der Waals surface area contributed by atoms with E-state index in [1.54, 1.807) is 0 Å². The monoisotopic (exact) mass is 248 g/mol. The van der Waals surface area contributed by atoms with Crippen molar-refractivity contribution in [3.63, 3.8) is 0 Å². The van der Waals surface area contributed by atoms with Crippen LogP contribution in [0, 0.1) is 0 Å². The van der Waals surface area contributed by atoms with Gasteiger partial charge in [0.1, 0.15) is 12.2 Å². The molecule has 1 rings (SSSR count). The standard InChI is InChI=1S/C16H26NO/c1-4-11-17(12-5-2,13-14-18)16-9-7-15(6-3)8-10-16/h6-10,18H,3-5,11-14H2,1-2H3/q+1. The van der Waals surface area contributed by atoms with Gasteiger partial charge < -0.3 is 5.11 Å². The number of benzene rings is 1. The van der Waals surface area contributed by atoms with Crippen molar-refractivity contribution in [2.75, 3.05) is 26.2 Å². The van der Waals surface area contributed by atoms with Crippen molar-refractivity contribution in [1.82, 2.24) is 4.48 Å². The van der Waals surface area contributed by atoms with Crippen molar-refractivity contribution in [1.29, 1.82) is 0 Å². The van der Waals surface area contributed by atoms with Gasteiger partial charge in [0.25, 0.3) is 0 Å². The zero-order chi connectivity index (χ0) is 13.4. The fraction of sp³-hybridized carbons (Fsp3) is 0.500. The minimum atomic E-state index is 0.239. The first kappa shape index (κ1) is 14.9. The van der Waals surface area contributed by atoms with Gasteiger partial charge in [-0.1, -0.05) is 26.5 Å². The van der Waals surface area contributed by atoms with E-state index in [9.17, 15) is 5.11 Å². The maximum absolute atomic E-state index is 9.39. The van der Waals surface area contributed by atoms with Crippen LogP contribution < -0.4 is 4.48 Å². The smallest absolute Gasteiger partial charge is 0.132 e. The molecular weight excluding hydrogens is 222 g/mol. The normalized spacial score (nSPS) is 11.5.